The Balaban J connectivity index is 2.99. The van der Waals surface area contributed by atoms with Crippen LogP contribution in [-0.2, 0) is 10.0 Å². The second kappa shape index (κ2) is 2.45. The lowest BCUT2D eigenvalue weighted by molar-refractivity contribution is 0.484. The summed E-state index contributed by atoms with van der Waals surface area (Å²) >= 11 is 0. The van der Waals surface area contributed by atoms with Crippen LogP contribution >= 0.6 is 0 Å². The van der Waals surface area contributed by atoms with E-state index in [-0.39, 0.29) is 12.8 Å². The van der Waals surface area contributed by atoms with Crippen LogP contribution in [0.5, 0.6) is 0 Å². The van der Waals surface area contributed by atoms with Crippen LogP contribution in [0.3, 0.4) is 0 Å². The molecule has 1 fully saturated rings. The molecule has 1 aliphatic rings. The molecule has 0 aliphatic heterocycles. The lowest BCUT2D eigenvalue weighted by Gasteiger charge is -2.23. The van der Waals surface area contributed by atoms with Gasteiger partial charge in [-0.25, -0.2) is 13.1 Å². The summed E-state index contributed by atoms with van der Waals surface area (Å²) < 4.78 is 46.5. The maximum Gasteiger partial charge on any atom is 0.217 e. The normalized spacial score (nSPS) is 27.1. The summed E-state index contributed by atoms with van der Waals surface area (Å²) in [4.78, 5) is 0. The highest BCUT2D eigenvalue weighted by Crippen LogP contribution is 2.42. The molecular formula is C8H17NO2S. The molecule has 0 saturated heterocycles. The van der Waals surface area contributed by atoms with Crippen molar-refractivity contribution in [3.05, 3.63) is 0 Å². The number of sulfonamides is 1. The molecule has 0 heterocycles. The zero-order chi connectivity index (χ0) is 12.1. The van der Waals surface area contributed by atoms with Gasteiger partial charge in [-0.1, -0.05) is 0 Å². The van der Waals surface area contributed by atoms with E-state index in [2.05, 4.69) is 4.72 Å². The van der Waals surface area contributed by atoms with Crippen LogP contribution < -0.4 is 4.72 Å². The average molecular weight is 194 g/mol. The SMILES string of the molecule is [2H]C([2H])([2H])C1(S(=O)(=O)NC(C)(C)C)CC1. The van der Waals surface area contributed by atoms with Crippen molar-refractivity contribution < 1.29 is 12.5 Å². The van der Waals surface area contributed by atoms with Gasteiger partial charge in [-0.2, -0.15) is 0 Å². The summed E-state index contributed by atoms with van der Waals surface area (Å²) in [7, 11) is -3.78. The number of hydrogen-bond donors (Lipinski definition) is 1. The van der Waals surface area contributed by atoms with Gasteiger partial charge >= 0.3 is 0 Å². The van der Waals surface area contributed by atoms with Crippen molar-refractivity contribution >= 4 is 10.0 Å². The summed E-state index contributed by atoms with van der Waals surface area (Å²) in [6, 6.07) is 0. The third-order valence-corrected chi connectivity index (χ3v) is 3.98. The lowest BCUT2D eigenvalue weighted by Crippen LogP contribution is -2.45. The summed E-state index contributed by atoms with van der Waals surface area (Å²) in [6.07, 6.45) is 0.434. The Bertz CT molecular complexity index is 349. The Kier molecular flexibility index (Phi) is 1.30. The first-order valence-corrected chi connectivity index (χ1v) is 5.43. The highest BCUT2D eigenvalue weighted by Gasteiger charge is 2.50. The monoisotopic (exact) mass is 194 g/mol. The van der Waals surface area contributed by atoms with Gasteiger partial charge in [-0.15, -0.1) is 0 Å². The Hall–Kier alpha value is -0.0900. The molecule has 72 valence electrons. The van der Waals surface area contributed by atoms with Crippen molar-refractivity contribution in [2.24, 2.45) is 0 Å². The number of rotatable bonds is 2. The molecule has 0 amide bonds. The third-order valence-electron chi connectivity index (χ3n) is 1.66. The quantitative estimate of drug-likeness (QED) is 0.719. The largest absolute Gasteiger partial charge is 0.217 e. The molecule has 4 heteroatoms. The molecule has 0 aromatic heterocycles. The van der Waals surface area contributed by atoms with Crippen LogP contribution in [0.15, 0.2) is 0 Å². The summed E-state index contributed by atoms with van der Waals surface area (Å²) in [5.74, 6) is 0. The van der Waals surface area contributed by atoms with Gasteiger partial charge in [-0.05, 0) is 40.5 Å². The molecule has 0 aromatic carbocycles. The van der Waals surface area contributed by atoms with Gasteiger partial charge in [0.05, 0.1) is 4.75 Å². The fourth-order valence-electron chi connectivity index (χ4n) is 0.883. The van der Waals surface area contributed by atoms with Crippen molar-refractivity contribution in [1.82, 2.24) is 4.72 Å². The van der Waals surface area contributed by atoms with E-state index in [1.165, 1.54) is 0 Å². The van der Waals surface area contributed by atoms with Gasteiger partial charge in [0.15, 0.2) is 0 Å². The minimum Gasteiger partial charge on any atom is -0.212 e. The average Bonchev–Trinajstić information content (AvgIpc) is 2.53. The molecule has 1 aliphatic carbocycles. The highest BCUT2D eigenvalue weighted by atomic mass is 32.2. The number of nitrogens with one attached hydrogen (secondary N) is 1. The molecule has 0 unspecified atom stereocenters. The molecule has 0 spiro atoms. The Labute approximate surface area is 78.8 Å². The summed E-state index contributed by atoms with van der Waals surface area (Å²) in [5, 5.41) is 0. The van der Waals surface area contributed by atoms with Crippen molar-refractivity contribution in [1.29, 1.82) is 0 Å². The van der Waals surface area contributed by atoms with Crippen LogP contribution in [0.2, 0.25) is 0 Å². The third kappa shape index (κ3) is 1.98. The Morgan fingerprint density at radius 3 is 2.17 bits per heavy atom. The maximum atomic E-state index is 11.9. The van der Waals surface area contributed by atoms with Crippen molar-refractivity contribution in [3.63, 3.8) is 0 Å². The minimum atomic E-state index is -3.78. The fraction of sp³-hybridized carbons (Fsp3) is 1.00. The first-order valence-electron chi connectivity index (χ1n) is 5.45. The van der Waals surface area contributed by atoms with Crippen LogP contribution in [0.25, 0.3) is 0 Å². The van der Waals surface area contributed by atoms with Gasteiger partial charge in [0.2, 0.25) is 10.0 Å². The molecule has 0 aromatic rings. The smallest absolute Gasteiger partial charge is 0.212 e. The van der Waals surface area contributed by atoms with Gasteiger partial charge in [0.1, 0.15) is 0 Å². The van der Waals surface area contributed by atoms with Crippen LogP contribution in [0, 0.1) is 0 Å². The van der Waals surface area contributed by atoms with Gasteiger partial charge in [0.25, 0.3) is 0 Å². The van der Waals surface area contributed by atoms with Crippen molar-refractivity contribution in [2.45, 2.75) is 50.8 Å². The first kappa shape index (κ1) is 6.38. The van der Waals surface area contributed by atoms with E-state index >= 15 is 0 Å². The van der Waals surface area contributed by atoms with Gasteiger partial charge < -0.3 is 0 Å². The molecule has 0 bridgehead atoms. The van der Waals surface area contributed by atoms with Gasteiger partial charge in [-0.3, -0.25) is 0 Å². The summed E-state index contributed by atoms with van der Waals surface area (Å²) in [6.45, 7) is 2.64. The topological polar surface area (TPSA) is 46.2 Å². The zero-order valence-electron chi connectivity index (χ0n) is 10.6. The maximum absolute atomic E-state index is 11.9. The second-order valence-corrected chi connectivity index (χ2v) is 6.34. The van der Waals surface area contributed by atoms with Crippen LogP contribution in [0.1, 0.15) is 44.6 Å². The van der Waals surface area contributed by atoms with Crippen LogP contribution in [0.4, 0.5) is 0 Å². The second-order valence-electron chi connectivity index (χ2n) is 4.35. The Morgan fingerprint density at radius 2 is 1.92 bits per heavy atom. The molecule has 1 rings (SSSR count). The predicted octanol–water partition coefficient (Wildman–Crippen LogP) is 1.26. The predicted molar refractivity (Wildman–Crippen MR) is 49.4 cm³/mol. The van der Waals surface area contributed by atoms with E-state index in [4.69, 9.17) is 4.11 Å². The van der Waals surface area contributed by atoms with Crippen molar-refractivity contribution in [2.75, 3.05) is 0 Å². The minimum absolute atomic E-state index is 0.217. The van der Waals surface area contributed by atoms with Crippen LogP contribution in [-0.4, -0.2) is 18.7 Å². The molecule has 1 saturated carbocycles. The molecule has 0 radical (unpaired) electrons. The fourth-order valence-corrected chi connectivity index (χ4v) is 2.52. The van der Waals surface area contributed by atoms with E-state index in [0.29, 0.717) is 0 Å². The first-order chi connectivity index (χ1) is 6.41. The molecule has 12 heavy (non-hydrogen) atoms. The van der Waals surface area contributed by atoms with E-state index in [0.717, 1.165) is 0 Å². The Morgan fingerprint density at radius 1 is 1.42 bits per heavy atom. The highest BCUT2D eigenvalue weighted by molar-refractivity contribution is 7.91. The van der Waals surface area contributed by atoms with Crippen molar-refractivity contribution in [3.8, 4) is 0 Å². The molecule has 1 N–H and O–H groups in total. The van der Waals surface area contributed by atoms with E-state index in [1.807, 2.05) is 0 Å². The van der Waals surface area contributed by atoms with E-state index < -0.39 is 27.2 Å². The zero-order valence-corrected chi connectivity index (χ0v) is 8.46. The van der Waals surface area contributed by atoms with E-state index in [9.17, 15) is 8.42 Å². The molecule has 0 atom stereocenters. The summed E-state index contributed by atoms with van der Waals surface area (Å²) in [5.41, 5.74) is -0.639. The lowest BCUT2D eigenvalue weighted by atomic mass is 10.1. The standard InChI is InChI=1S/C8H17NO2S/c1-7(2,3)9-12(10,11)8(4)5-6-8/h9H,5-6H2,1-4H3/i4D3. The number of hydrogen-bond acceptors (Lipinski definition) is 2. The molecule has 3 nitrogen and oxygen atoms in total. The van der Waals surface area contributed by atoms with Gasteiger partial charge in [0, 0.05) is 9.65 Å². The molecular weight excluding hydrogens is 174 g/mol. The van der Waals surface area contributed by atoms with E-state index in [1.54, 1.807) is 20.8 Å².